The molecule has 0 spiro atoms. The quantitative estimate of drug-likeness (QED) is 0.640. The molecule has 0 aliphatic rings. The number of sulfonamides is 1. The number of aryl methyl sites for hydroxylation is 1. The Kier molecular flexibility index (Phi) is 5.93. The van der Waals surface area contributed by atoms with Gasteiger partial charge in [-0.15, -0.1) is 0 Å². The molecule has 0 aliphatic carbocycles. The molecule has 3 rings (SSSR count). The molecule has 0 aromatic heterocycles. The Balaban J connectivity index is 1.86. The van der Waals surface area contributed by atoms with Crippen molar-refractivity contribution >= 4 is 19.9 Å². The fourth-order valence-corrected chi connectivity index (χ4v) is 5.28. The van der Waals surface area contributed by atoms with E-state index in [1.807, 2.05) is 54.6 Å². The van der Waals surface area contributed by atoms with Crippen LogP contribution < -0.4 is 4.72 Å². The maximum absolute atomic E-state index is 12.9. The van der Waals surface area contributed by atoms with Gasteiger partial charge < -0.3 is 0 Å². The first-order chi connectivity index (χ1) is 13.6. The molecule has 1 N–H and O–H groups in total. The molecule has 0 heterocycles. The molecule has 29 heavy (non-hydrogen) atoms. The lowest BCUT2D eigenvalue weighted by Gasteiger charge is -2.17. The van der Waals surface area contributed by atoms with Crippen LogP contribution in [0.2, 0.25) is 0 Å². The summed E-state index contributed by atoms with van der Waals surface area (Å²) in [5, 5.41) is 0. The highest BCUT2D eigenvalue weighted by Crippen LogP contribution is 2.25. The molecule has 152 valence electrons. The van der Waals surface area contributed by atoms with Gasteiger partial charge in [0, 0.05) is 12.3 Å². The van der Waals surface area contributed by atoms with Gasteiger partial charge in [0.25, 0.3) is 0 Å². The Labute approximate surface area is 172 Å². The van der Waals surface area contributed by atoms with E-state index >= 15 is 0 Å². The van der Waals surface area contributed by atoms with Crippen molar-refractivity contribution in [2.75, 3.05) is 6.26 Å². The molecule has 0 saturated carbocycles. The van der Waals surface area contributed by atoms with E-state index in [0.29, 0.717) is 5.56 Å². The van der Waals surface area contributed by atoms with Crippen molar-refractivity contribution in [2.45, 2.75) is 29.7 Å². The Morgan fingerprint density at radius 2 is 1.38 bits per heavy atom. The molecule has 0 saturated heterocycles. The maximum atomic E-state index is 12.9. The summed E-state index contributed by atoms with van der Waals surface area (Å²) in [7, 11) is -7.40. The van der Waals surface area contributed by atoms with Crippen molar-refractivity contribution < 1.29 is 16.8 Å². The van der Waals surface area contributed by atoms with Crippen molar-refractivity contribution in [2.24, 2.45) is 0 Å². The number of rotatable bonds is 6. The van der Waals surface area contributed by atoms with E-state index in [2.05, 4.69) is 4.72 Å². The number of benzene rings is 3. The molecule has 0 radical (unpaired) electrons. The zero-order valence-electron chi connectivity index (χ0n) is 16.5. The highest BCUT2D eigenvalue weighted by Gasteiger charge is 2.22. The van der Waals surface area contributed by atoms with Gasteiger partial charge in [-0.1, -0.05) is 60.7 Å². The third-order valence-electron chi connectivity index (χ3n) is 4.73. The van der Waals surface area contributed by atoms with Gasteiger partial charge in [0.05, 0.1) is 9.79 Å². The van der Waals surface area contributed by atoms with E-state index in [1.54, 1.807) is 13.8 Å². The van der Waals surface area contributed by atoms with E-state index in [9.17, 15) is 16.8 Å². The third-order valence-corrected chi connectivity index (χ3v) is 7.52. The highest BCUT2D eigenvalue weighted by molar-refractivity contribution is 7.91. The molecule has 0 bridgehead atoms. The minimum Gasteiger partial charge on any atom is -0.224 e. The Morgan fingerprint density at radius 1 is 0.793 bits per heavy atom. The smallest absolute Gasteiger partial charge is 0.224 e. The first-order valence-electron chi connectivity index (χ1n) is 9.06. The fraction of sp³-hybridized carbons (Fsp3) is 0.182. The predicted octanol–water partition coefficient (Wildman–Crippen LogP) is 4.11. The topological polar surface area (TPSA) is 80.3 Å². The molecule has 3 aromatic rings. The summed E-state index contributed by atoms with van der Waals surface area (Å²) in [4.78, 5) is -0.0588. The van der Waals surface area contributed by atoms with Crippen molar-refractivity contribution in [1.82, 2.24) is 4.72 Å². The molecule has 1 atom stereocenters. The summed E-state index contributed by atoms with van der Waals surface area (Å²) < 4.78 is 52.0. The minimum absolute atomic E-state index is 0.0247. The Hall–Kier alpha value is -2.48. The van der Waals surface area contributed by atoms with Gasteiger partial charge in [-0.25, -0.2) is 21.6 Å². The fourth-order valence-electron chi connectivity index (χ4n) is 3.06. The van der Waals surface area contributed by atoms with Gasteiger partial charge in [-0.05, 0) is 48.2 Å². The lowest BCUT2D eigenvalue weighted by molar-refractivity contribution is 0.566. The lowest BCUT2D eigenvalue weighted by atomic mass is 10.0. The molecular weight excluding hydrogens is 406 g/mol. The summed E-state index contributed by atoms with van der Waals surface area (Å²) in [6, 6.07) is 21.2. The van der Waals surface area contributed by atoms with Crippen LogP contribution in [0.25, 0.3) is 11.1 Å². The SMILES string of the molecule is Cc1ccc(S(C)(=O)=O)cc1S(=O)(=O)NC(C)c1ccc(-c2ccccc2)cc1. The normalized spacial score (nSPS) is 13.2. The van der Waals surface area contributed by atoms with Crippen LogP contribution in [0.3, 0.4) is 0 Å². The van der Waals surface area contributed by atoms with Crippen LogP contribution in [-0.4, -0.2) is 23.1 Å². The summed E-state index contributed by atoms with van der Waals surface area (Å²) in [6.45, 7) is 3.39. The van der Waals surface area contributed by atoms with Gasteiger partial charge in [-0.3, -0.25) is 0 Å². The van der Waals surface area contributed by atoms with E-state index in [-0.39, 0.29) is 9.79 Å². The molecular formula is C22H23NO4S2. The first-order valence-corrected chi connectivity index (χ1v) is 12.4. The monoisotopic (exact) mass is 429 g/mol. The van der Waals surface area contributed by atoms with Crippen LogP contribution in [0.4, 0.5) is 0 Å². The summed E-state index contributed by atoms with van der Waals surface area (Å²) in [6.07, 6.45) is 1.05. The largest absolute Gasteiger partial charge is 0.241 e. The Morgan fingerprint density at radius 3 is 1.97 bits per heavy atom. The van der Waals surface area contributed by atoms with Crippen molar-refractivity contribution in [3.05, 3.63) is 83.9 Å². The van der Waals surface area contributed by atoms with Gasteiger partial charge in [0.2, 0.25) is 10.0 Å². The lowest BCUT2D eigenvalue weighted by Crippen LogP contribution is -2.27. The van der Waals surface area contributed by atoms with Crippen molar-refractivity contribution in [1.29, 1.82) is 0 Å². The van der Waals surface area contributed by atoms with Crippen molar-refractivity contribution in [3.63, 3.8) is 0 Å². The van der Waals surface area contributed by atoms with Gasteiger partial charge in [0.15, 0.2) is 9.84 Å². The zero-order valence-corrected chi connectivity index (χ0v) is 18.1. The summed E-state index contributed by atoms with van der Waals surface area (Å²) in [5.74, 6) is 0. The summed E-state index contributed by atoms with van der Waals surface area (Å²) in [5.41, 5.74) is 3.42. The second kappa shape index (κ2) is 8.10. The molecule has 0 amide bonds. The molecule has 0 aliphatic heterocycles. The number of sulfone groups is 1. The molecule has 0 fully saturated rings. The minimum atomic E-state index is -3.90. The first kappa shape index (κ1) is 21.2. The van der Waals surface area contributed by atoms with Gasteiger partial charge in [0.1, 0.15) is 0 Å². The standard InChI is InChI=1S/C22H23NO4S2/c1-16-9-14-21(28(3,24)25)15-22(16)29(26,27)23-17(2)18-10-12-20(13-11-18)19-7-5-4-6-8-19/h4-15,17,23H,1-3H3. The number of hydrogen-bond donors (Lipinski definition) is 1. The zero-order chi connectivity index (χ0) is 21.2. The van der Waals surface area contributed by atoms with Crippen LogP contribution in [-0.2, 0) is 19.9 Å². The summed E-state index contributed by atoms with van der Waals surface area (Å²) >= 11 is 0. The van der Waals surface area contributed by atoms with E-state index in [4.69, 9.17) is 0 Å². The molecule has 7 heteroatoms. The number of nitrogens with one attached hydrogen (secondary N) is 1. The van der Waals surface area contributed by atoms with Gasteiger partial charge >= 0.3 is 0 Å². The van der Waals surface area contributed by atoms with Gasteiger partial charge in [-0.2, -0.15) is 0 Å². The average Bonchev–Trinajstić information content (AvgIpc) is 2.67. The van der Waals surface area contributed by atoms with Crippen molar-refractivity contribution in [3.8, 4) is 11.1 Å². The van der Waals surface area contributed by atoms with E-state index in [0.717, 1.165) is 22.9 Å². The second-order valence-corrected chi connectivity index (χ2v) is 10.7. The molecule has 5 nitrogen and oxygen atoms in total. The highest BCUT2D eigenvalue weighted by atomic mass is 32.2. The van der Waals surface area contributed by atoms with E-state index < -0.39 is 25.9 Å². The van der Waals surface area contributed by atoms with Crippen LogP contribution in [0.15, 0.2) is 82.6 Å². The third kappa shape index (κ3) is 4.93. The van der Waals surface area contributed by atoms with Crippen LogP contribution in [0, 0.1) is 6.92 Å². The number of hydrogen-bond acceptors (Lipinski definition) is 4. The Bertz CT molecular complexity index is 1220. The van der Waals surface area contributed by atoms with Crippen LogP contribution >= 0.6 is 0 Å². The van der Waals surface area contributed by atoms with Crippen LogP contribution in [0.1, 0.15) is 24.1 Å². The van der Waals surface area contributed by atoms with Crippen LogP contribution in [0.5, 0.6) is 0 Å². The molecule has 3 aromatic carbocycles. The van der Waals surface area contributed by atoms with E-state index in [1.165, 1.54) is 18.2 Å². The molecule has 1 unspecified atom stereocenters. The second-order valence-electron chi connectivity index (χ2n) is 7.03. The predicted molar refractivity (Wildman–Crippen MR) is 115 cm³/mol. The average molecular weight is 430 g/mol. The maximum Gasteiger partial charge on any atom is 0.241 e.